The maximum Gasteiger partial charge on any atom is 0.407 e. The van der Waals surface area contributed by atoms with Gasteiger partial charge in [-0.05, 0) is 22.3 Å². The lowest BCUT2D eigenvalue weighted by Gasteiger charge is -2.17. The number of nitriles is 1. The summed E-state index contributed by atoms with van der Waals surface area (Å²) in [6.45, 7) is 0.0987. The Bertz CT molecular complexity index is 1110. The molecule has 4 rings (SSSR count). The Morgan fingerprint density at radius 2 is 1.80 bits per heavy atom. The summed E-state index contributed by atoms with van der Waals surface area (Å²) in [7, 11) is 0. The van der Waals surface area contributed by atoms with Crippen molar-refractivity contribution in [3.63, 3.8) is 0 Å². The summed E-state index contributed by atoms with van der Waals surface area (Å²) in [6.07, 6.45) is -0.836. The average Bonchev–Trinajstić information content (AvgIpc) is 3.34. The molecule has 0 fully saturated rings. The smallest absolute Gasteiger partial charge is 0.407 e. The molecule has 0 saturated heterocycles. The number of hydrogen-bond donors (Lipinski definition) is 2. The molecule has 1 aliphatic rings. The van der Waals surface area contributed by atoms with Crippen molar-refractivity contribution in [2.75, 3.05) is 6.61 Å². The molecule has 1 aliphatic carbocycles. The lowest BCUT2D eigenvalue weighted by Crippen LogP contribution is -2.43. The molecule has 0 spiro atoms. The van der Waals surface area contributed by atoms with Gasteiger partial charge in [0.2, 0.25) is 0 Å². The van der Waals surface area contributed by atoms with E-state index >= 15 is 0 Å². The first-order valence-electron chi connectivity index (χ1n) is 9.25. The molecule has 1 amide bonds. The summed E-state index contributed by atoms with van der Waals surface area (Å²) in [5.74, 6) is -1.31. The lowest BCUT2D eigenvalue weighted by molar-refractivity contribution is -0.139. The van der Waals surface area contributed by atoms with Crippen LogP contribution in [-0.4, -0.2) is 34.8 Å². The molecule has 2 N–H and O–H groups in total. The van der Waals surface area contributed by atoms with Crippen LogP contribution in [0.15, 0.2) is 53.9 Å². The van der Waals surface area contributed by atoms with Gasteiger partial charge in [0.15, 0.2) is 5.01 Å². The molecule has 1 aromatic heterocycles. The molecule has 0 aliphatic heterocycles. The summed E-state index contributed by atoms with van der Waals surface area (Å²) in [5.41, 5.74) is 4.81. The van der Waals surface area contributed by atoms with Crippen molar-refractivity contribution in [3.8, 4) is 17.2 Å². The zero-order chi connectivity index (χ0) is 21.1. The van der Waals surface area contributed by atoms with E-state index in [4.69, 9.17) is 10.00 Å². The predicted molar refractivity (Wildman–Crippen MR) is 110 cm³/mol. The molecule has 1 atom stereocenters. The van der Waals surface area contributed by atoms with Crippen LogP contribution in [0.4, 0.5) is 4.79 Å². The van der Waals surface area contributed by atoms with Gasteiger partial charge in [0.25, 0.3) is 0 Å². The number of rotatable bonds is 6. The highest BCUT2D eigenvalue weighted by atomic mass is 32.1. The number of nitrogens with zero attached hydrogens (tertiary/aromatic N) is 2. The van der Waals surface area contributed by atoms with Crippen LogP contribution in [0.2, 0.25) is 0 Å². The van der Waals surface area contributed by atoms with Gasteiger partial charge in [-0.15, -0.1) is 11.3 Å². The second kappa shape index (κ2) is 8.35. The average molecular weight is 419 g/mol. The van der Waals surface area contributed by atoms with E-state index in [9.17, 15) is 14.7 Å². The summed E-state index contributed by atoms with van der Waals surface area (Å²) in [6, 6.07) is 16.6. The molecule has 3 aromatic rings. The number of benzene rings is 2. The van der Waals surface area contributed by atoms with Gasteiger partial charge >= 0.3 is 12.1 Å². The first kappa shape index (κ1) is 19.6. The first-order chi connectivity index (χ1) is 14.6. The van der Waals surface area contributed by atoms with Crippen LogP contribution in [0.3, 0.4) is 0 Å². The summed E-state index contributed by atoms with van der Waals surface area (Å²) in [4.78, 5) is 27.9. The number of carboxylic acids is 1. The van der Waals surface area contributed by atoms with Crippen LogP contribution < -0.4 is 5.32 Å². The van der Waals surface area contributed by atoms with E-state index in [1.54, 1.807) is 5.38 Å². The summed E-state index contributed by atoms with van der Waals surface area (Å²) in [5, 5.41) is 22.5. The van der Waals surface area contributed by atoms with Crippen LogP contribution >= 0.6 is 11.3 Å². The summed E-state index contributed by atoms with van der Waals surface area (Å²) >= 11 is 1.13. The van der Waals surface area contributed by atoms with Crippen LogP contribution in [0.1, 0.15) is 27.7 Å². The van der Waals surface area contributed by atoms with Crippen LogP contribution in [0, 0.1) is 11.3 Å². The Hall–Kier alpha value is -3.70. The number of nitrogens with one attached hydrogen (secondary N) is 1. The number of alkyl carbamates (subject to hydrolysis) is 1. The van der Waals surface area contributed by atoms with Crippen molar-refractivity contribution >= 4 is 23.4 Å². The lowest BCUT2D eigenvalue weighted by atomic mass is 9.98. The Balaban J connectivity index is 1.43. The highest BCUT2D eigenvalue weighted by Gasteiger charge is 2.30. The summed E-state index contributed by atoms with van der Waals surface area (Å²) < 4.78 is 5.40. The molecular weight excluding hydrogens is 402 g/mol. The third-order valence-corrected chi connectivity index (χ3v) is 5.79. The third kappa shape index (κ3) is 3.88. The van der Waals surface area contributed by atoms with E-state index in [0.717, 1.165) is 33.6 Å². The number of aromatic nitrogens is 1. The van der Waals surface area contributed by atoms with Gasteiger partial charge < -0.3 is 15.2 Å². The molecule has 1 heterocycles. The minimum Gasteiger partial charge on any atom is -0.480 e. The van der Waals surface area contributed by atoms with Crippen molar-refractivity contribution in [1.29, 1.82) is 5.26 Å². The molecule has 0 saturated carbocycles. The van der Waals surface area contributed by atoms with E-state index < -0.39 is 18.1 Å². The maximum atomic E-state index is 12.3. The van der Waals surface area contributed by atoms with Gasteiger partial charge in [0.05, 0.1) is 5.69 Å². The highest BCUT2D eigenvalue weighted by molar-refractivity contribution is 7.10. The van der Waals surface area contributed by atoms with Crippen LogP contribution in [0.5, 0.6) is 0 Å². The normalized spacial score (nSPS) is 13.0. The molecule has 0 radical (unpaired) electrons. The Morgan fingerprint density at radius 3 is 2.37 bits per heavy atom. The van der Waals surface area contributed by atoms with Crippen molar-refractivity contribution < 1.29 is 19.4 Å². The zero-order valence-corrected chi connectivity index (χ0v) is 16.6. The minimum atomic E-state index is -1.20. The van der Waals surface area contributed by atoms with E-state index in [0.29, 0.717) is 5.69 Å². The molecule has 8 heteroatoms. The largest absolute Gasteiger partial charge is 0.480 e. The Labute approximate surface area is 176 Å². The number of carbonyl (C=O) groups is 2. The molecule has 0 bridgehead atoms. The van der Waals surface area contributed by atoms with E-state index in [-0.39, 0.29) is 24.0 Å². The quantitative estimate of drug-likeness (QED) is 0.632. The van der Waals surface area contributed by atoms with Crippen molar-refractivity contribution in [2.45, 2.75) is 18.4 Å². The molecule has 150 valence electrons. The SMILES string of the molecule is N#Cc1nc(CC(NC(=O)OCC2c3ccccc3-c3ccccc32)C(=O)O)cs1. The molecule has 7 nitrogen and oxygen atoms in total. The number of carboxylic acid groups (broad SMARTS) is 1. The van der Waals surface area contributed by atoms with E-state index in [1.165, 1.54) is 0 Å². The van der Waals surface area contributed by atoms with E-state index in [2.05, 4.69) is 10.3 Å². The maximum absolute atomic E-state index is 12.3. The number of amides is 1. The number of hydrogen-bond acceptors (Lipinski definition) is 6. The van der Waals surface area contributed by atoms with Crippen molar-refractivity contribution in [2.24, 2.45) is 0 Å². The predicted octanol–water partition coefficient (Wildman–Crippen LogP) is 3.55. The van der Waals surface area contributed by atoms with Gasteiger partial charge in [0.1, 0.15) is 18.7 Å². The molecular formula is C22H17N3O4S. The molecule has 30 heavy (non-hydrogen) atoms. The van der Waals surface area contributed by atoms with Crippen LogP contribution in [0.25, 0.3) is 11.1 Å². The molecule has 2 aromatic carbocycles. The van der Waals surface area contributed by atoms with Gasteiger partial charge in [-0.2, -0.15) is 5.26 Å². The number of thiazole rings is 1. The van der Waals surface area contributed by atoms with Gasteiger partial charge in [0, 0.05) is 17.7 Å². The third-order valence-electron chi connectivity index (χ3n) is 4.99. The van der Waals surface area contributed by atoms with E-state index in [1.807, 2.05) is 54.6 Å². The molecule has 1 unspecified atom stereocenters. The number of fused-ring (bicyclic) bond motifs is 3. The fourth-order valence-electron chi connectivity index (χ4n) is 3.64. The van der Waals surface area contributed by atoms with Crippen LogP contribution in [-0.2, 0) is 16.0 Å². The van der Waals surface area contributed by atoms with Crippen molar-refractivity contribution in [3.05, 3.63) is 75.7 Å². The first-order valence-corrected chi connectivity index (χ1v) is 10.1. The second-order valence-corrected chi connectivity index (χ2v) is 7.68. The Morgan fingerprint density at radius 1 is 1.17 bits per heavy atom. The monoisotopic (exact) mass is 419 g/mol. The van der Waals surface area contributed by atoms with Gasteiger partial charge in [-0.1, -0.05) is 48.5 Å². The topological polar surface area (TPSA) is 112 Å². The highest BCUT2D eigenvalue weighted by Crippen LogP contribution is 2.44. The Kier molecular flexibility index (Phi) is 5.46. The van der Waals surface area contributed by atoms with Gasteiger partial charge in [-0.3, -0.25) is 0 Å². The fourth-order valence-corrected chi connectivity index (χ4v) is 4.26. The zero-order valence-electron chi connectivity index (χ0n) is 15.7. The number of aliphatic carboxylic acids is 1. The standard InChI is InChI=1S/C22H17N3O4S/c23-10-20-24-13(12-30-20)9-19(21(26)27)25-22(28)29-11-18-16-7-3-1-5-14(16)15-6-2-4-8-17(15)18/h1-8,12,18-19H,9,11H2,(H,25,28)(H,26,27). The number of carbonyl (C=O) groups excluding carboxylic acids is 1. The second-order valence-electron chi connectivity index (χ2n) is 6.82. The fraction of sp³-hybridized carbons (Fsp3) is 0.182. The number of ether oxygens (including phenoxy) is 1. The van der Waals surface area contributed by atoms with Crippen molar-refractivity contribution in [1.82, 2.24) is 10.3 Å². The minimum absolute atomic E-state index is 0.0301. The van der Waals surface area contributed by atoms with Gasteiger partial charge in [-0.25, -0.2) is 14.6 Å².